The minimum atomic E-state index is -0.678. The summed E-state index contributed by atoms with van der Waals surface area (Å²) in [4.78, 5) is 11.8. The van der Waals surface area contributed by atoms with Crippen LogP contribution >= 0.6 is 0 Å². The van der Waals surface area contributed by atoms with E-state index in [2.05, 4.69) is 0 Å². The summed E-state index contributed by atoms with van der Waals surface area (Å²) in [5.74, 6) is -0.445. The highest BCUT2D eigenvalue weighted by molar-refractivity contribution is 5.91. The summed E-state index contributed by atoms with van der Waals surface area (Å²) >= 11 is 0. The Labute approximate surface area is 122 Å². The molecule has 1 aromatic carbocycles. The fourth-order valence-electron chi connectivity index (χ4n) is 2.12. The number of benzene rings is 1. The molecule has 3 N–H and O–H groups in total. The third kappa shape index (κ3) is 3.64. The first kappa shape index (κ1) is 15.1. The molecule has 5 nitrogen and oxygen atoms in total. The Morgan fingerprint density at radius 3 is 2.86 bits per heavy atom. The number of aromatic hydroxyl groups is 2. The third-order valence-corrected chi connectivity index (χ3v) is 3.32. The Hall–Kier alpha value is -2.27. The zero-order chi connectivity index (χ0) is 15.4. The van der Waals surface area contributed by atoms with Gasteiger partial charge in [0, 0.05) is 11.1 Å². The number of hydrogen-bond donors (Lipinski definition) is 3. The molecule has 0 saturated heterocycles. The number of carbonyl (C=O) groups is 1. The number of esters is 1. The molecule has 0 radical (unpaired) electrons. The number of phenolic OH excluding ortho intramolecular Hbond substituents is 2. The number of rotatable bonds is 5. The average molecular weight is 290 g/mol. The minimum absolute atomic E-state index is 0.00204. The maximum Gasteiger partial charge on any atom is 0.334 e. The monoisotopic (exact) mass is 290 g/mol. The smallest absolute Gasteiger partial charge is 0.334 e. The van der Waals surface area contributed by atoms with E-state index in [1.54, 1.807) is 6.08 Å². The van der Waals surface area contributed by atoms with Gasteiger partial charge in [0.05, 0.1) is 6.61 Å². The number of aliphatic hydroxyl groups excluding tert-OH is 1. The van der Waals surface area contributed by atoms with Crippen molar-refractivity contribution in [1.82, 2.24) is 0 Å². The molecule has 0 spiro atoms. The summed E-state index contributed by atoms with van der Waals surface area (Å²) in [5.41, 5.74) is 1.74. The van der Waals surface area contributed by atoms with Crippen molar-refractivity contribution >= 4 is 5.97 Å². The zero-order valence-electron chi connectivity index (χ0n) is 11.7. The van der Waals surface area contributed by atoms with Crippen molar-refractivity contribution in [2.75, 3.05) is 6.61 Å². The Kier molecular flexibility index (Phi) is 4.65. The standard InChI is InChI=1S/C16H18O5/c1-10(9-17)3-2-4-11-7-15(21-16(11)20)13-8-12(18)5-6-14(13)19/h3,5-8,15,17-19H,2,4,9H2,1H3. The molecule has 1 heterocycles. The Balaban J connectivity index is 2.11. The molecule has 1 atom stereocenters. The number of aliphatic hydroxyl groups is 1. The van der Waals surface area contributed by atoms with Gasteiger partial charge in [-0.05, 0) is 44.0 Å². The third-order valence-electron chi connectivity index (χ3n) is 3.32. The van der Waals surface area contributed by atoms with E-state index in [1.165, 1.54) is 18.2 Å². The van der Waals surface area contributed by atoms with Crippen molar-refractivity contribution in [3.05, 3.63) is 47.1 Å². The summed E-state index contributed by atoms with van der Waals surface area (Å²) < 4.78 is 5.21. The van der Waals surface area contributed by atoms with Gasteiger partial charge in [-0.15, -0.1) is 0 Å². The highest BCUT2D eigenvalue weighted by Gasteiger charge is 2.28. The number of allylic oxidation sites excluding steroid dienone is 1. The van der Waals surface area contributed by atoms with Crippen molar-refractivity contribution in [2.45, 2.75) is 25.9 Å². The Morgan fingerprint density at radius 1 is 1.38 bits per heavy atom. The molecule has 0 aliphatic carbocycles. The Bertz CT molecular complexity index is 601. The second-order valence-electron chi connectivity index (χ2n) is 5.01. The molecule has 112 valence electrons. The van der Waals surface area contributed by atoms with Crippen molar-refractivity contribution < 1.29 is 24.9 Å². The molecular weight excluding hydrogens is 272 g/mol. The van der Waals surface area contributed by atoms with Crippen LogP contribution in [0.5, 0.6) is 11.5 Å². The van der Waals surface area contributed by atoms with Crippen LogP contribution in [0.2, 0.25) is 0 Å². The van der Waals surface area contributed by atoms with Gasteiger partial charge in [0.15, 0.2) is 0 Å². The molecule has 1 aliphatic heterocycles. The molecule has 1 unspecified atom stereocenters. The molecule has 0 saturated carbocycles. The van der Waals surface area contributed by atoms with E-state index < -0.39 is 12.1 Å². The quantitative estimate of drug-likeness (QED) is 0.440. The van der Waals surface area contributed by atoms with Gasteiger partial charge in [0.2, 0.25) is 0 Å². The van der Waals surface area contributed by atoms with Crippen molar-refractivity contribution in [3.8, 4) is 11.5 Å². The summed E-state index contributed by atoms with van der Waals surface area (Å²) in [6.45, 7) is 1.82. The first-order chi connectivity index (χ1) is 10.0. The summed E-state index contributed by atoms with van der Waals surface area (Å²) in [6.07, 6.45) is 3.98. The lowest BCUT2D eigenvalue weighted by Crippen LogP contribution is -2.02. The van der Waals surface area contributed by atoms with Crippen LogP contribution in [-0.2, 0) is 9.53 Å². The van der Waals surface area contributed by atoms with E-state index in [0.717, 1.165) is 5.57 Å². The maximum absolute atomic E-state index is 11.8. The van der Waals surface area contributed by atoms with Gasteiger partial charge in [0.25, 0.3) is 0 Å². The van der Waals surface area contributed by atoms with Crippen LogP contribution in [0.3, 0.4) is 0 Å². The van der Waals surface area contributed by atoms with E-state index in [4.69, 9.17) is 9.84 Å². The van der Waals surface area contributed by atoms with Crippen LogP contribution in [-0.4, -0.2) is 27.9 Å². The lowest BCUT2D eigenvalue weighted by Gasteiger charge is -2.10. The van der Waals surface area contributed by atoms with Crippen LogP contribution in [0.15, 0.2) is 41.5 Å². The van der Waals surface area contributed by atoms with Gasteiger partial charge < -0.3 is 20.1 Å². The van der Waals surface area contributed by atoms with Crippen molar-refractivity contribution in [2.24, 2.45) is 0 Å². The summed E-state index contributed by atoms with van der Waals surface area (Å²) in [7, 11) is 0. The molecule has 0 bridgehead atoms. The number of carbonyl (C=O) groups excluding carboxylic acids is 1. The van der Waals surface area contributed by atoms with Gasteiger partial charge in [-0.3, -0.25) is 0 Å². The zero-order valence-corrected chi connectivity index (χ0v) is 11.7. The van der Waals surface area contributed by atoms with E-state index in [-0.39, 0.29) is 18.1 Å². The predicted molar refractivity (Wildman–Crippen MR) is 76.8 cm³/mol. The van der Waals surface area contributed by atoms with Crippen LogP contribution in [0.25, 0.3) is 0 Å². The lowest BCUT2D eigenvalue weighted by atomic mass is 10.0. The molecular formula is C16H18O5. The van der Waals surface area contributed by atoms with Gasteiger partial charge in [-0.25, -0.2) is 4.79 Å². The molecule has 1 aromatic rings. The molecule has 0 fully saturated rings. The first-order valence-corrected chi connectivity index (χ1v) is 6.71. The topological polar surface area (TPSA) is 87.0 Å². The molecule has 0 aromatic heterocycles. The number of cyclic esters (lactones) is 1. The molecule has 5 heteroatoms. The van der Waals surface area contributed by atoms with Crippen LogP contribution in [0, 0.1) is 0 Å². The summed E-state index contributed by atoms with van der Waals surface area (Å²) in [6, 6.07) is 4.10. The molecule has 21 heavy (non-hydrogen) atoms. The van der Waals surface area contributed by atoms with E-state index in [0.29, 0.717) is 24.0 Å². The number of hydrogen-bond acceptors (Lipinski definition) is 5. The second-order valence-corrected chi connectivity index (χ2v) is 5.01. The Morgan fingerprint density at radius 2 is 2.14 bits per heavy atom. The molecule has 0 amide bonds. The van der Waals surface area contributed by atoms with E-state index in [9.17, 15) is 15.0 Å². The number of ether oxygens (including phenoxy) is 1. The van der Waals surface area contributed by atoms with Crippen molar-refractivity contribution in [1.29, 1.82) is 0 Å². The van der Waals surface area contributed by atoms with E-state index in [1.807, 2.05) is 13.0 Å². The minimum Gasteiger partial charge on any atom is -0.508 e. The molecule has 1 aliphatic rings. The van der Waals surface area contributed by atoms with Gasteiger partial charge >= 0.3 is 5.97 Å². The van der Waals surface area contributed by atoms with Gasteiger partial charge in [-0.2, -0.15) is 0 Å². The first-order valence-electron chi connectivity index (χ1n) is 6.71. The SMILES string of the molecule is CC(=CCCC1=CC(c2cc(O)ccc2O)OC1=O)CO. The fourth-order valence-corrected chi connectivity index (χ4v) is 2.12. The maximum atomic E-state index is 11.8. The highest BCUT2D eigenvalue weighted by Crippen LogP contribution is 2.36. The second kappa shape index (κ2) is 6.45. The van der Waals surface area contributed by atoms with Crippen LogP contribution < -0.4 is 0 Å². The normalized spacial score (nSPS) is 18.6. The lowest BCUT2D eigenvalue weighted by molar-refractivity contribution is -0.140. The van der Waals surface area contributed by atoms with E-state index >= 15 is 0 Å². The van der Waals surface area contributed by atoms with Gasteiger partial charge in [0.1, 0.15) is 17.6 Å². The predicted octanol–water partition coefficient (Wildman–Crippen LogP) is 2.34. The summed E-state index contributed by atoms with van der Waals surface area (Å²) in [5, 5.41) is 28.1. The average Bonchev–Trinajstić information content (AvgIpc) is 2.82. The fraction of sp³-hybridized carbons (Fsp3) is 0.312. The van der Waals surface area contributed by atoms with Crippen LogP contribution in [0.1, 0.15) is 31.4 Å². The van der Waals surface area contributed by atoms with Gasteiger partial charge in [-0.1, -0.05) is 11.6 Å². The highest BCUT2D eigenvalue weighted by atomic mass is 16.5. The number of phenols is 2. The largest absolute Gasteiger partial charge is 0.508 e. The van der Waals surface area contributed by atoms with Crippen molar-refractivity contribution in [3.63, 3.8) is 0 Å². The van der Waals surface area contributed by atoms with Crippen LogP contribution in [0.4, 0.5) is 0 Å². The molecule has 2 rings (SSSR count).